The van der Waals surface area contributed by atoms with Crippen LogP contribution < -0.4 is 0 Å². The van der Waals surface area contributed by atoms with Crippen molar-refractivity contribution in [2.24, 2.45) is 0 Å². The Bertz CT molecular complexity index is 599. The molecule has 0 N–H and O–H groups in total. The molecule has 1 aliphatic rings. The molecule has 0 unspecified atom stereocenters. The number of hydrogen-bond donors (Lipinski definition) is 0. The van der Waals surface area contributed by atoms with Crippen LogP contribution in [0, 0.1) is 0 Å². The Kier molecular flexibility index (Phi) is 2.79. The fourth-order valence-corrected chi connectivity index (χ4v) is 2.13. The van der Waals surface area contributed by atoms with Crippen LogP contribution in [0.4, 0.5) is 0 Å². The van der Waals surface area contributed by atoms with E-state index in [2.05, 4.69) is 30.9 Å². The van der Waals surface area contributed by atoms with Crippen LogP contribution in [-0.4, -0.2) is 25.8 Å². The lowest BCUT2D eigenvalue weighted by atomic mass is 10.2. The first-order chi connectivity index (χ1) is 8.74. The van der Waals surface area contributed by atoms with Gasteiger partial charge in [-0.05, 0) is 28.1 Å². The summed E-state index contributed by atoms with van der Waals surface area (Å²) >= 11 is 3.23. The summed E-state index contributed by atoms with van der Waals surface area (Å²) in [6.45, 7) is 0.988. The van der Waals surface area contributed by atoms with Crippen LogP contribution in [0.5, 0.6) is 0 Å². The third kappa shape index (κ3) is 1.99. The first-order valence-electron chi connectivity index (χ1n) is 5.43. The van der Waals surface area contributed by atoms with E-state index in [0.717, 1.165) is 11.4 Å². The van der Waals surface area contributed by atoms with Gasteiger partial charge in [0.25, 0.3) is 5.91 Å². The lowest BCUT2D eigenvalue weighted by molar-refractivity contribution is 0.0764. The molecule has 0 saturated heterocycles. The molecule has 2 aromatic rings. The average molecular weight is 305 g/mol. The summed E-state index contributed by atoms with van der Waals surface area (Å²) < 4.78 is 0.684. The van der Waals surface area contributed by atoms with Gasteiger partial charge in [0.15, 0.2) is 0 Å². The van der Waals surface area contributed by atoms with Crippen molar-refractivity contribution in [1.82, 2.24) is 19.9 Å². The molecule has 90 valence electrons. The Hall–Kier alpha value is -1.82. The predicted molar refractivity (Wildman–Crippen MR) is 67.5 cm³/mol. The maximum atomic E-state index is 12.1. The normalized spacial score (nSPS) is 13.8. The van der Waals surface area contributed by atoms with Crippen molar-refractivity contribution in [3.63, 3.8) is 0 Å². The summed E-state index contributed by atoms with van der Waals surface area (Å²) in [5.74, 6) is 0.00261. The topological polar surface area (TPSA) is 59.0 Å². The molecule has 6 heteroatoms. The lowest BCUT2D eigenvalue weighted by Gasteiger charge is -2.14. The number of halogens is 1. The van der Waals surface area contributed by atoms with E-state index in [1.54, 1.807) is 35.6 Å². The highest BCUT2D eigenvalue weighted by atomic mass is 79.9. The summed E-state index contributed by atoms with van der Waals surface area (Å²) in [7, 11) is 0. The van der Waals surface area contributed by atoms with Crippen molar-refractivity contribution < 1.29 is 4.79 Å². The van der Waals surface area contributed by atoms with Gasteiger partial charge in [0.05, 0.1) is 42.4 Å². The van der Waals surface area contributed by atoms with E-state index in [0.29, 0.717) is 23.3 Å². The van der Waals surface area contributed by atoms with Gasteiger partial charge in [-0.25, -0.2) is 4.98 Å². The minimum Gasteiger partial charge on any atom is -0.327 e. The second kappa shape index (κ2) is 4.45. The summed E-state index contributed by atoms with van der Waals surface area (Å²) in [5, 5.41) is 0. The molecule has 0 radical (unpaired) electrons. The molecule has 0 spiro atoms. The van der Waals surface area contributed by atoms with Gasteiger partial charge in [-0.2, -0.15) is 0 Å². The first-order valence-corrected chi connectivity index (χ1v) is 6.23. The van der Waals surface area contributed by atoms with Crippen LogP contribution in [0.15, 0.2) is 35.3 Å². The number of carbonyl (C=O) groups excluding carboxylic acids is 1. The van der Waals surface area contributed by atoms with E-state index in [1.807, 2.05) is 0 Å². The molecule has 0 saturated carbocycles. The van der Waals surface area contributed by atoms with Crippen molar-refractivity contribution in [3.05, 3.63) is 52.3 Å². The zero-order chi connectivity index (χ0) is 12.5. The van der Waals surface area contributed by atoms with E-state index in [1.165, 1.54) is 0 Å². The number of aromatic nitrogens is 3. The van der Waals surface area contributed by atoms with Gasteiger partial charge in [0.2, 0.25) is 0 Å². The molecule has 0 bridgehead atoms. The third-order valence-electron chi connectivity index (χ3n) is 2.78. The quantitative estimate of drug-likeness (QED) is 0.849. The van der Waals surface area contributed by atoms with E-state index in [9.17, 15) is 4.79 Å². The average Bonchev–Trinajstić information content (AvgIpc) is 2.70. The van der Waals surface area contributed by atoms with Gasteiger partial charge in [0, 0.05) is 6.20 Å². The Morgan fingerprint density at radius 1 is 1.28 bits per heavy atom. The molecule has 3 rings (SSSR count). The number of pyridine rings is 1. The molecule has 0 atom stereocenters. The summed E-state index contributed by atoms with van der Waals surface area (Å²) in [4.78, 5) is 26.3. The van der Waals surface area contributed by atoms with Crippen LogP contribution in [0.2, 0.25) is 0 Å². The standard InChI is InChI=1S/C12H9BrN4O/c13-11-5-15-8(4-16-11)6-17-7-10-9(12(17)18)2-1-3-14-10/h1-5H,6-7H2. The Morgan fingerprint density at radius 2 is 2.17 bits per heavy atom. The molecular weight excluding hydrogens is 296 g/mol. The Morgan fingerprint density at radius 3 is 2.89 bits per heavy atom. The number of fused-ring (bicyclic) bond motifs is 1. The fourth-order valence-electron chi connectivity index (χ4n) is 1.93. The van der Waals surface area contributed by atoms with Crippen LogP contribution in [0.25, 0.3) is 0 Å². The van der Waals surface area contributed by atoms with Crippen molar-refractivity contribution >= 4 is 21.8 Å². The summed E-state index contributed by atoms with van der Waals surface area (Å²) in [5.41, 5.74) is 2.27. The largest absolute Gasteiger partial charge is 0.327 e. The lowest BCUT2D eigenvalue weighted by Crippen LogP contribution is -2.23. The van der Waals surface area contributed by atoms with Crippen LogP contribution in [-0.2, 0) is 13.1 Å². The molecule has 0 fully saturated rings. The zero-order valence-electron chi connectivity index (χ0n) is 9.38. The number of nitrogens with zero attached hydrogens (tertiary/aromatic N) is 4. The van der Waals surface area contributed by atoms with Crippen molar-refractivity contribution in [2.75, 3.05) is 0 Å². The van der Waals surface area contributed by atoms with Gasteiger partial charge in [-0.3, -0.25) is 14.8 Å². The minimum atomic E-state index is 0.00261. The number of amides is 1. The molecule has 1 amide bonds. The van der Waals surface area contributed by atoms with Gasteiger partial charge >= 0.3 is 0 Å². The molecule has 5 nitrogen and oxygen atoms in total. The molecule has 0 aliphatic carbocycles. The number of hydrogen-bond acceptors (Lipinski definition) is 4. The molecule has 18 heavy (non-hydrogen) atoms. The molecule has 1 aliphatic heterocycles. The maximum Gasteiger partial charge on any atom is 0.256 e. The maximum absolute atomic E-state index is 12.1. The Labute approximate surface area is 112 Å². The second-order valence-corrected chi connectivity index (χ2v) is 4.80. The van der Waals surface area contributed by atoms with Gasteiger partial charge in [0.1, 0.15) is 4.60 Å². The molecule has 3 heterocycles. The number of rotatable bonds is 2. The zero-order valence-corrected chi connectivity index (χ0v) is 11.0. The second-order valence-electron chi connectivity index (χ2n) is 3.99. The van der Waals surface area contributed by atoms with Crippen molar-refractivity contribution in [3.8, 4) is 0 Å². The molecule has 2 aromatic heterocycles. The van der Waals surface area contributed by atoms with Crippen LogP contribution in [0.3, 0.4) is 0 Å². The van der Waals surface area contributed by atoms with Gasteiger partial charge < -0.3 is 4.90 Å². The van der Waals surface area contributed by atoms with Crippen LogP contribution >= 0.6 is 15.9 Å². The van der Waals surface area contributed by atoms with Crippen molar-refractivity contribution in [1.29, 1.82) is 0 Å². The van der Waals surface area contributed by atoms with Crippen molar-refractivity contribution in [2.45, 2.75) is 13.1 Å². The van der Waals surface area contributed by atoms with Gasteiger partial charge in [-0.1, -0.05) is 0 Å². The summed E-state index contributed by atoms with van der Waals surface area (Å²) in [6, 6.07) is 3.58. The van der Waals surface area contributed by atoms with E-state index in [4.69, 9.17) is 0 Å². The van der Waals surface area contributed by atoms with Crippen LogP contribution in [0.1, 0.15) is 21.7 Å². The smallest absolute Gasteiger partial charge is 0.256 e. The van der Waals surface area contributed by atoms with Gasteiger partial charge in [-0.15, -0.1) is 0 Å². The van der Waals surface area contributed by atoms with E-state index in [-0.39, 0.29) is 5.91 Å². The molecular formula is C12H9BrN4O. The highest BCUT2D eigenvalue weighted by Crippen LogP contribution is 2.21. The Balaban J connectivity index is 1.81. The SMILES string of the molecule is O=C1c2cccnc2CN1Cc1cnc(Br)cn1. The molecule has 0 aromatic carbocycles. The predicted octanol–water partition coefficient (Wildman–Crippen LogP) is 1.79. The van der Waals surface area contributed by atoms with E-state index >= 15 is 0 Å². The first kappa shape index (κ1) is 11.3. The summed E-state index contributed by atoms with van der Waals surface area (Å²) in [6.07, 6.45) is 4.99. The monoisotopic (exact) mass is 304 g/mol. The number of carbonyl (C=O) groups is 1. The highest BCUT2D eigenvalue weighted by Gasteiger charge is 2.28. The minimum absolute atomic E-state index is 0.00261. The fraction of sp³-hybridized carbons (Fsp3) is 0.167. The third-order valence-corrected chi connectivity index (χ3v) is 3.18. The van der Waals surface area contributed by atoms with E-state index < -0.39 is 0 Å². The highest BCUT2D eigenvalue weighted by molar-refractivity contribution is 9.10.